The number of para-hydroxylation sites is 1. The molecule has 0 amide bonds. The molecule has 4 atom stereocenters. The molecule has 9 heteroatoms. The first kappa shape index (κ1) is 23.9. The van der Waals surface area contributed by atoms with Crippen LogP contribution in [0.4, 0.5) is 14.5 Å². The molecule has 3 N–H and O–H groups in total. The van der Waals surface area contributed by atoms with E-state index in [1.54, 1.807) is 0 Å². The van der Waals surface area contributed by atoms with Crippen LogP contribution >= 0.6 is 11.6 Å². The third-order valence-corrected chi connectivity index (χ3v) is 7.90. The summed E-state index contributed by atoms with van der Waals surface area (Å²) in [5.74, 6) is -6.35. The van der Waals surface area contributed by atoms with Gasteiger partial charge in [0, 0.05) is 36.2 Å². The van der Waals surface area contributed by atoms with Crippen molar-refractivity contribution in [2.45, 2.75) is 62.1 Å². The van der Waals surface area contributed by atoms with E-state index in [0.717, 1.165) is 43.4 Å². The topological polar surface area (TPSA) is 95.5 Å². The highest BCUT2D eigenvalue weighted by atomic mass is 35.5. The largest absolute Gasteiger partial charge is 0.480 e. The molecule has 35 heavy (non-hydrogen) atoms. The van der Waals surface area contributed by atoms with E-state index in [9.17, 15) is 28.3 Å². The van der Waals surface area contributed by atoms with Crippen molar-refractivity contribution in [2.24, 2.45) is 5.92 Å². The zero-order chi connectivity index (χ0) is 24.9. The fourth-order valence-corrected chi connectivity index (χ4v) is 6.04. The summed E-state index contributed by atoms with van der Waals surface area (Å²) in [5.41, 5.74) is -0.777. The van der Waals surface area contributed by atoms with Crippen LogP contribution in [0.3, 0.4) is 0 Å². The zero-order valence-corrected chi connectivity index (χ0v) is 19.6. The molecule has 2 fully saturated rings. The molecule has 1 aliphatic heterocycles. The van der Waals surface area contributed by atoms with Crippen molar-refractivity contribution < 1.29 is 28.3 Å². The number of carboxylic acids is 1. The summed E-state index contributed by atoms with van der Waals surface area (Å²) in [6.07, 6.45) is 3.43. The first-order valence-corrected chi connectivity index (χ1v) is 12.2. The molecule has 5 rings (SSSR count). The lowest BCUT2D eigenvalue weighted by atomic mass is 9.65. The van der Waals surface area contributed by atoms with Crippen LogP contribution in [0, 0.1) is 17.6 Å². The second kappa shape index (κ2) is 8.99. The van der Waals surface area contributed by atoms with Crippen LogP contribution in [0.1, 0.15) is 60.4 Å². The molecular weight excluding hydrogens is 478 g/mol. The summed E-state index contributed by atoms with van der Waals surface area (Å²) in [7, 11) is 0. The molecule has 0 aromatic heterocycles. The summed E-state index contributed by atoms with van der Waals surface area (Å²) in [6, 6.07) is 8.63. The van der Waals surface area contributed by atoms with Crippen LogP contribution in [0.2, 0.25) is 5.02 Å². The Hall–Kier alpha value is -2.84. The Labute approximate surface area is 206 Å². The summed E-state index contributed by atoms with van der Waals surface area (Å²) >= 11 is 5.87. The van der Waals surface area contributed by atoms with E-state index in [-0.39, 0.29) is 18.0 Å². The van der Waals surface area contributed by atoms with Gasteiger partial charge in [-0.15, -0.1) is 0 Å². The normalized spacial score (nSPS) is 24.6. The van der Waals surface area contributed by atoms with Gasteiger partial charge in [-0.3, -0.25) is 19.7 Å². The van der Waals surface area contributed by atoms with Gasteiger partial charge in [-0.25, -0.2) is 8.78 Å². The van der Waals surface area contributed by atoms with Gasteiger partial charge in [0.1, 0.15) is 17.2 Å². The third kappa shape index (κ3) is 4.23. The second-order valence-corrected chi connectivity index (χ2v) is 10.2. The number of rotatable bonds is 8. The number of nitrogens with one attached hydrogen (secondary N) is 2. The van der Waals surface area contributed by atoms with Gasteiger partial charge in [0.2, 0.25) is 11.6 Å². The standard InChI is InChI=1S/C26H25ClF2N2O4/c27-23-17(10-13(28)11-18(23)29)24(33)21(32)12-26(25(34)35,31-14-8-9-14)22-15-4-1-2-6-19(15)30-20-7-3-5-16(20)22/h1-2,4,6,10-11,14,16,20,22,30-31H,3,5,7-9,12H2,(H,34,35)/t16-,20+,22?,26?/m0/s1. The molecular formula is C26H25ClF2N2O4. The second-order valence-electron chi connectivity index (χ2n) is 9.78. The number of hydrogen-bond acceptors (Lipinski definition) is 5. The fourth-order valence-electron chi connectivity index (χ4n) is 5.85. The lowest BCUT2D eigenvalue weighted by molar-refractivity contribution is -0.149. The number of hydrogen-bond donors (Lipinski definition) is 3. The SMILES string of the molecule is O=C(CC(NC1CC1)(C(=O)O)C1c2ccccc2N[C@@H]2CCC[C@H]12)C(=O)c1cc(F)cc(F)c1Cl. The van der Waals surface area contributed by atoms with Crippen molar-refractivity contribution >= 4 is 34.8 Å². The van der Waals surface area contributed by atoms with Crippen molar-refractivity contribution in [1.29, 1.82) is 0 Å². The van der Waals surface area contributed by atoms with Crippen LogP contribution in [0.5, 0.6) is 0 Å². The van der Waals surface area contributed by atoms with Gasteiger partial charge < -0.3 is 10.4 Å². The van der Waals surface area contributed by atoms with E-state index in [1.165, 1.54) is 0 Å². The Morgan fingerprint density at radius 2 is 1.86 bits per heavy atom. The molecule has 184 valence electrons. The predicted molar refractivity (Wildman–Crippen MR) is 126 cm³/mol. The fraction of sp³-hybridized carbons (Fsp3) is 0.423. The van der Waals surface area contributed by atoms with Gasteiger partial charge in [-0.2, -0.15) is 0 Å². The number of anilines is 1. The average molecular weight is 503 g/mol. The number of carboxylic acid groups (broad SMARTS) is 1. The Morgan fingerprint density at radius 1 is 1.11 bits per heavy atom. The van der Waals surface area contributed by atoms with Crippen LogP contribution in [-0.4, -0.2) is 40.3 Å². The van der Waals surface area contributed by atoms with Gasteiger partial charge in [0.25, 0.3) is 0 Å². The van der Waals surface area contributed by atoms with Crippen molar-refractivity contribution in [3.05, 3.63) is 64.2 Å². The maximum absolute atomic E-state index is 14.0. The monoisotopic (exact) mass is 502 g/mol. The quantitative estimate of drug-likeness (QED) is 0.275. The minimum atomic E-state index is -1.77. The Morgan fingerprint density at radius 3 is 2.57 bits per heavy atom. The zero-order valence-electron chi connectivity index (χ0n) is 18.8. The molecule has 2 aromatic carbocycles. The van der Waals surface area contributed by atoms with Crippen molar-refractivity contribution in [1.82, 2.24) is 5.32 Å². The van der Waals surface area contributed by atoms with Crippen LogP contribution in [0.25, 0.3) is 0 Å². The van der Waals surface area contributed by atoms with E-state index in [0.29, 0.717) is 12.1 Å². The lowest BCUT2D eigenvalue weighted by Gasteiger charge is -2.46. The van der Waals surface area contributed by atoms with Crippen molar-refractivity contribution in [3.8, 4) is 0 Å². The molecule has 2 aliphatic carbocycles. The minimum absolute atomic E-state index is 0.0483. The number of ketones is 2. The molecule has 0 spiro atoms. The first-order chi connectivity index (χ1) is 16.7. The number of fused-ring (bicyclic) bond motifs is 2. The van der Waals surface area contributed by atoms with E-state index in [1.807, 2.05) is 24.3 Å². The maximum Gasteiger partial charge on any atom is 0.325 e. The van der Waals surface area contributed by atoms with Gasteiger partial charge in [0.15, 0.2) is 0 Å². The van der Waals surface area contributed by atoms with Crippen molar-refractivity contribution in [2.75, 3.05) is 5.32 Å². The molecule has 0 radical (unpaired) electrons. The minimum Gasteiger partial charge on any atom is -0.480 e. The maximum atomic E-state index is 14.0. The van der Waals surface area contributed by atoms with Gasteiger partial charge in [0.05, 0.1) is 10.6 Å². The van der Waals surface area contributed by atoms with Crippen LogP contribution in [0.15, 0.2) is 36.4 Å². The van der Waals surface area contributed by atoms with Crippen LogP contribution in [-0.2, 0) is 9.59 Å². The summed E-state index contributed by atoms with van der Waals surface area (Å²) in [6.45, 7) is 0. The Kier molecular flexibility index (Phi) is 6.13. The van der Waals surface area contributed by atoms with E-state index in [2.05, 4.69) is 10.6 Å². The number of aliphatic carboxylic acids is 1. The van der Waals surface area contributed by atoms with Crippen molar-refractivity contribution in [3.63, 3.8) is 0 Å². The smallest absolute Gasteiger partial charge is 0.325 e. The molecule has 0 saturated heterocycles. The number of halogens is 3. The molecule has 2 unspecified atom stereocenters. The number of Topliss-reactive ketones (excluding diaryl/α,β-unsaturated/α-hetero) is 2. The Balaban J connectivity index is 1.58. The highest BCUT2D eigenvalue weighted by Gasteiger charge is 2.57. The summed E-state index contributed by atoms with van der Waals surface area (Å²) < 4.78 is 27.8. The molecule has 2 saturated carbocycles. The van der Waals surface area contributed by atoms with Gasteiger partial charge >= 0.3 is 5.97 Å². The highest BCUT2D eigenvalue weighted by molar-refractivity contribution is 6.48. The molecule has 3 aliphatic rings. The van der Waals surface area contributed by atoms with E-state index < -0.39 is 57.6 Å². The number of benzene rings is 2. The highest BCUT2D eigenvalue weighted by Crippen LogP contribution is 2.52. The van der Waals surface area contributed by atoms with Gasteiger partial charge in [-0.1, -0.05) is 36.2 Å². The molecule has 1 heterocycles. The first-order valence-electron chi connectivity index (χ1n) is 11.8. The van der Waals surface area contributed by atoms with Crippen LogP contribution < -0.4 is 10.6 Å². The molecule has 6 nitrogen and oxygen atoms in total. The predicted octanol–water partition coefficient (Wildman–Crippen LogP) is 4.71. The van der Waals surface area contributed by atoms with Gasteiger partial charge in [-0.05, 0) is 49.3 Å². The molecule has 2 aromatic rings. The summed E-state index contributed by atoms with van der Waals surface area (Å²) in [4.78, 5) is 39.4. The summed E-state index contributed by atoms with van der Waals surface area (Å²) in [5, 5.41) is 16.7. The third-order valence-electron chi connectivity index (χ3n) is 7.52. The number of carbonyl (C=O) groups excluding carboxylic acids is 2. The molecule has 0 bridgehead atoms. The lowest BCUT2D eigenvalue weighted by Crippen LogP contribution is -2.62. The van der Waals surface area contributed by atoms with E-state index in [4.69, 9.17) is 11.6 Å². The average Bonchev–Trinajstić information content (AvgIpc) is 3.52. The van der Waals surface area contributed by atoms with E-state index >= 15 is 0 Å². The number of carbonyl (C=O) groups is 3. The Bertz CT molecular complexity index is 1220.